The van der Waals surface area contributed by atoms with E-state index in [-0.39, 0.29) is 17.3 Å². The first-order valence-corrected chi connectivity index (χ1v) is 6.77. The van der Waals surface area contributed by atoms with Crippen LogP contribution in [0.2, 0.25) is 0 Å². The molecular weight excluding hydrogens is 247 g/mol. The maximum atomic E-state index is 13.3. The van der Waals surface area contributed by atoms with Gasteiger partial charge in [-0.1, -0.05) is 12.1 Å². The lowest BCUT2D eigenvalue weighted by molar-refractivity contribution is 0.0785. The van der Waals surface area contributed by atoms with Crippen LogP contribution in [0.4, 0.5) is 4.39 Å². The van der Waals surface area contributed by atoms with Crippen LogP contribution in [-0.4, -0.2) is 41.1 Å². The second-order valence-corrected chi connectivity index (χ2v) is 5.43. The molecule has 0 aliphatic carbocycles. The van der Waals surface area contributed by atoms with Crippen molar-refractivity contribution in [1.82, 2.24) is 0 Å². The van der Waals surface area contributed by atoms with Crippen molar-refractivity contribution in [3.63, 3.8) is 0 Å². The Balaban J connectivity index is 2.55. The van der Waals surface area contributed by atoms with Crippen molar-refractivity contribution >= 4 is 9.84 Å². The number of benzene rings is 1. The Morgan fingerprint density at radius 1 is 1.18 bits per heavy atom. The minimum absolute atomic E-state index is 0.0278. The third kappa shape index (κ3) is 4.41. The molecule has 0 aliphatic rings. The molecule has 96 valence electrons. The Morgan fingerprint density at radius 3 is 2.53 bits per heavy atom. The van der Waals surface area contributed by atoms with Gasteiger partial charge in [0.05, 0.1) is 25.6 Å². The molecule has 17 heavy (non-hydrogen) atoms. The lowest BCUT2D eigenvalue weighted by Gasteiger charge is -2.06. The predicted octanol–water partition coefficient (Wildman–Crippen LogP) is 1.26. The number of halogens is 1. The van der Waals surface area contributed by atoms with Crippen LogP contribution in [0.3, 0.4) is 0 Å². The third-order valence-corrected chi connectivity index (χ3v) is 3.81. The maximum absolute atomic E-state index is 13.3. The molecule has 0 saturated carbocycles. The van der Waals surface area contributed by atoms with Crippen molar-refractivity contribution in [1.29, 1.82) is 0 Å². The molecule has 0 heterocycles. The Hall–Kier alpha value is -0.980. The van der Waals surface area contributed by atoms with Crippen molar-refractivity contribution < 1.29 is 22.3 Å². The predicted molar refractivity (Wildman–Crippen MR) is 61.1 cm³/mol. The molecule has 0 fully saturated rings. The summed E-state index contributed by atoms with van der Waals surface area (Å²) in [7, 11) is -2.09. The van der Waals surface area contributed by atoms with Crippen LogP contribution in [0.1, 0.15) is 0 Å². The highest BCUT2D eigenvalue weighted by Crippen LogP contribution is 2.14. The van der Waals surface area contributed by atoms with Gasteiger partial charge in [-0.05, 0) is 12.1 Å². The summed E-state index contributed by atoms with van der Waals surface area (Å²) in [5.41, 5.74) is 0. The van der Waals surface area contributed by atoms with Crippen molar-refractivity contribution in [2.45, 2.75) is 4.90 Å². The van der Waals surface area contributed by atoms with Gasteiger partial charge in [-0.2, -0.15) is 0 Å². The Bertz CT molecular complexity index is 445. The molecule has 0 unspecified atom stereocenters. The number of hydrogen-bond donors (Lipinski definition) is 0. The van der Waals surface area contributed by atoms with Crippen LogP contribution in [-0.2, 0) is 19.3 Å². The van der Waals surface area contributed by atoms with Gasteiger partial charge >= 0.3 is 0 Å². The molecule has 0 saturated heterocycles. The SMILES string of the molecule is COCCOCCS(=O)(=O)c1ccccc1F. The van der Waals surface area contributed by atoms with E-state index in [9.17, 15) is 12.8 Å². The Morgan fingerprint density at radius 2 is 1.88 bits per heavy atom. The summed E-state index contributed by atoms with van der Waals surface area (Å²) in [5.74, 6) is -0.970. The highest BCUT2D eigenvalue weighted by atomic mass is 32.2. The maximum Gasteiger partial charge on any atom is 0.183 e. The van der Waals surface area contributed by atoms with Gasteiger partial charge in [0, 0.05) is 7.11 Å². The zero-order valence-electron chi connectivity index (χ0n) is 9.56. The first kappa shape index (κ1) is 14.1. The Labute approximate surface area is 100 Å². The van der Waals surface area contributed by atoms with Gasteiger partial charge in [0.2, 0.25) is 0 Å². The number of hydrogen-bond acceptors (Lipinski definition) is 4. The molecule has 1 aromatic rings. The van der Waals surface area contributed by atoms with Gasteiger partial charge in [0.1, 0.15) is 10.7 Å². The summed E-state index contributed by atoms with van der Waals surface area (Å²) in [6, 6.07) is 5.31. The number of rotatable bonds is 7. The first-order valence-electron chi connectivity index (χ1n) is 5.12. The molecule has 1 rings (SSSR count). The molecule has 0 aliphatic heterocycles. The van der Waals surface area contributed by atoms with E-state index < -0.39 is 15.7 Å². The normalized spacial score (nSPS) is 11.6. The fourth-order valence-corrected chi connectivity index (χ4v) is 2.43. The lowest BCUT2D eigenvalue weighted by atomic mass is 10.3. The standard InChI is InChI=1S/C11H15FO4S/c1-15-6-7-16-8-9-17(13,14)11-5-3-2-4-10(11)12/h2-5H,6-9H2,1H3. The van der Waals surface area contributed by atoms with Crippen molar-refractivity contribution in [2.24, 2.45) is 0 Å². The van der Waals surface area contributed by atoms with Crippen molar-refractivity contribution in [3.8, 4) is 0 Å². The average molecular weight is 262 g/mol. The van der Waals surface area contributed by atoms with E-state index in [1.54, 1.807) is 0 Å². The average Bonchev–Trinajstić information content (AvgIpc) is 2.29. The van der Waals surface area contributed by atoms with Gasteiger partial charge in [0.15, 0.2) is 9.84 Å². The molecule has 1 aromatic carbocycles. The molecule has 6 heteroatoms. The summed E-state index contributed by atoms with van der Waals surface area (Å²) in [6.45, 7) is 0.753. The smallest absolute Gasteiger partial charge is 0.183 e. The van der Waals surface area contributed by atoms with Crippen LogP contribution in [0.25, 0.3) is 0 Å². The highest BCUT2D eigenvalue weighted by Gasteiger charge is 2.18. The fourth-order valence-electron chi connectivity index (χ4n) is 1.22. The van der Waals surface area contributed by atoms with E-state index >= 15 is 0 Å². The van der Waals surface area contributed by atoms with E-state index in [1.165, 1.54) is 25.3 Å². The van der Waals surface area contributed by atoms with E-state index in [0.29, 0.717) is 13.2 Å². The molecule has 0 bridgehead atoms. The van der Waals surface area contributed by atoms with Crippen molar-refractivity contribution in [2.75, 3.05) is 32.7 Å². The van der Waals surface area contributed by atoms with Crippen LogP contribution in [0.15, 0.2) is 29.2 Å². The topological polar surface area (TPSA) is 52.6 Å². The van der Waals surface area contributed by atoms with Gasteiger partial charge < -0.3 is 9.47 Å². The number of sulfone groups is 1. The number of methoxy groups -OCH3 is 1. The summed E-state index contributed by atoms with van der Waals surface area (Å²) < 4.78 is 46.5. The second-order valence-electron chi connectivity index (χ2n) is 3.35. The van der Waals surface area contributed by atoms with Crippen LogP contribution >= 0.6 is 0 Å². The minimum atomic E-state index is -3.62. The molecule has 0 radical (unpaired) electrons. The van der Waals surface area contributed by atoms with Crippen LogP contribution in [0, 0.1) is 5.82 Å². The van der Waals surface area contributed by atoms with Gasteiger partial charge in [-0.15, -0.1) is 0 Å². The largest absolute Gasteiger partial charge is 0.382 e. The summed E-state index contributed by atoms with van der Waals surface area (Å²) >= 11 is 0. The Kier molecular flexibility index (Phi) is 5.54. The lowest BCUT2D eigenvalue weighted by Crippen LogP contribution is -2.15. The summed E-state index contributed by atoms with van der Waals surface area (Å²) in [6.07, 6.45) is 0. The first-order chi connectivity index (χ1) is 8.08. The third-order valence-electron chi connectivity index (χ3n) is 2.10. The van der Waals surface area contributed by atoms with Gasteiger partial charge in [-0.3, -0.25) is 0 Å². The van der Waals surface area contributed by atoms with E-state index in [0.717, 1.165) is 6.07 Å². The summed E-state index contributed by atoms with van der Waals surface area (Å²) in [5, 5.41) is 0. The van der Waals surface area contributed by atoms with Gasteiger partial charge in [-0.25, -0.2) is 12.8 Å². The molecule has 0 amide bonds. The monoisotopic (exact) mass is 262 g/mol. The zero-order chi connectivity index (χ0) is 12.7. The number of ether oxygens (including phenoxy) is 2. The van der Waals surface area contributed by atoms with Gasteiger partial charge in [0.25, 0.3) is 0 Å². The molecule has 0 aromatic heterocycles. The molecule has 0 atom stereocenters. The molecule has 4 nitrogen and oxygen atoms in total. The molecule has 0 N–H and O–H groups in total. The van der Waals surface area contributed by atoms with Crippen molar-refractivity contribution in [3.05, 3.63) is 30.1 Å². The van der Waals surface area contributed by atoms with E-state index in [2.05, 4.69) is 0 Å². The molecular formula is C11H15FO4S. The summed E-state index contributed by atoms with van der Waals surface area (Å²) in [4.78, 5) is -0.282. The second kappa shape index (κ2) is 6.68. The molecule has 0 spiro atoms. The van der Waals surface area contributed by atoms with E-state index in [1.807, 2.05) is 0 Å². The zero-order valence-corrected chi connectivity index (χ0v) is 10.4. The van der Waals surface area contributed by atoms with Crippen LogP contribution in [0.5, 0.6) is 0 Å². The van der Waals surface area contributed by atoms with Crippen LogP contribution < -0.4 is 0 Å². The van der Waals surface area contributed by atoms with E-state index in [4.69, 9.17) is 9.47 Å². The fraction of sp³-hybridized carbons (Fsp3) is 0.455. The minimum Gasteiger partial charge on any atom is -0.382 e. The quantitative estimate of drug-likeness (QED) is 0.694. The highest BCUT2D eigenvalue weighted by molar-refractivity contribution is 7.91.